The van der Waals surface area contributed by atoms with Gasteiger partial charge in [-0.1, -0.05) is 12.1 Å². The van der Waals surface area contributed by atoms with Crippen molar-refractivity contribution < 1.29 is 9.84 Å². The molecule has 1 N–H and O–H groups in total. The van der Waals surface area contributed by atoms with Crippen molar-refractivity contribution in [3.05, 3.63) is 47.5 Å². The van der Waals surface area contributed by atoms with Crippen LogP contribution in [0.2, 0.25) is 0 Å². The molecular weight excluding hydrogens is 240 g/mol. The Bertz CT molecular complexity index is 547. The minimum Gasteiger partial charge on any atom is -0.487 e. The first-order valence-electron chi connectivity index (χ1n) is 6.52. The molecule has 0 bridgehead atoms. The SMILES string of the molecule is CCn1cncc1COc1cc(C)ccc1[C@@H](C)O. The topological polar surface area (TPSA) is 47.3 Å². The number of hydrogen-bond acceptors (Lipinski definition) is 3. The molecule has 4 nitrogen and oxygen atoms in total. The molecule has 4 heteroatoms. The quantitative estimate of drug-likeness (QED) is 0.899. The first kappa shape index (κ1) is 13.6. The second-order valence-electron chi connectivity index (χ2n) is 4.68. The summed E-state index contributed by atoms with van der Waals surface area (Å²) in [6, 6.07) is 5.84. The fourth-order valence-electron chi connectivity index (χ4n) is 2.02. The third-order valence-electron chi connectivity index (χ3n) is 3.13. The first-order valence-corrected chi connectivity index (χ1v) is 6.52. The lowest BCUT2D eigenvalue weighted by Gasteiger charge is -2.14. The van der Waals surface area contributed by atoms with Gasteiger partial charge in [-0.2, -0.15) is 0 Å². The van der Waals surface area contributed by atoms with Gasteiger partial charge in [0.25, 0.3) is 0 Å². The average Bonchev–Trinajstić information content (AvgIpc) is 2.83. The van der Waals surface area contributed by atoms with E-state index in [1.807, 2.05) is 29.7 Å². The molecule has 1 heterocycles. The summed E-state index contributed by atoms with van der Waals surface area (Å²) >= 11 is 0. The number of nitrogens with zero attached hydrogens (tertiary/aromatic N) is 2. The molecule has 0 fully saturated rings. The Labute approximate surface area is 113 Å². The van der Waals surface area contributed by atoms with Gasteiger partial charge in [-0.25, -0.2) is 4.98 Å². The summed E-state index contributed by atoms with van der Waals surface area (Å²) in [7, 11) is 0. The van der Waals surface area contributed by atoms with Crippen molar-refractivity contribution >= 4 is 0 Å². The molecule has 19 heavy (non-hydrogen) atoms. The van der Waals surface area contributed by atoms with E-state index in [4.69, 9.17) is 4.74 Å². The van der Waals surface area contributed by atoms with Crippen molar-refractivity contribution in [2.75, 3.05) is 0 Å². The van der Waals surface area contributed by atoms with Crippen LogP contribution >= 0.6 is 0 Å². The van der Waals surface area contributed by atoms with Gasteiger partial charge in [-0.3, -0.25) is 0 Å². The molecule has 2 aromatic rings. The summed E-state index contributed by atoms with van der Waals surface area (Å²) < 4.78 is 7.88. The Kier molecular flexibility index (Phi) is 4.22. The summed E-state index contributed by atoms with van der Waals surface area (Å²) in [6.07, 6.45) is 3.07. The first-order chi connectivity index (χ1) is 9.11. The molecule has 1 aromatic heterocycles. The summed E-state index contributed by atoms with van der Waals surface area (Å²) in [6.45, 7) is 7.15. The number of hydrogen-bond donors (Lipinski definition) is 1. The van der Waals surface area contributed by atoms with Crippen LogP contribution in [0.3, 0.4) is 0 Å². The van der Waals surface area contributed by atoms with Crippen molar-refractivity contribution in [1.82, 2.24) is 9.55 Å². The molecule has 0 amide bonds. The van der Waals surface area contributed by atoms with Crippen LogP contribution in [0.25, 0.3) is 0 Å². The van der Waals surface area contributed by atoms with E-state index in [1.165, 1.54) is 0 Å². The average molecular weight is 260 g/mol. The maximum absolute atomic E-state index is 9.76. The highest BCUT2D eigenvalue weighted by atomic mass is 16.5. The van der Waals surface area contributed by atoms with Crippen LogP contribution in [-0.4, -0.2) is 14.7 Å². The number of aryl methyl sites for hydroxylation is 2. The van der Waals surface area contributed by atoms with E-state index >= 15 is 0 Å². The van der Waals surface area contributed by atoms with Crippen LogP contribution in [0.5, 0.6) is 5.75 Å². The van der Waals surface area contributed by atoms with Gasteiger partial charge in [-0.15, -0.1) is 0 Å². The van der Waals surface area contributed by atoms with Crippen molar-refractivity contribution in [1.29, 1.82) is 0 Å². The third kappa shape index (κ3) is 3.15. The molecule has 0 unspecified atom stereocenters. The minimum atomic E-state index is -0.535. The second-order valence-corrected chi connectivity index (χ2v) is 4.68. The van der Waals surface area contributed by atoms with E-state index in [0.29, 0.717) is 6.61 Å². The van der Waals surface area contributed by atoms with E-state index in [-0.39, 0.29) is 0 Å². The Balaban J connectivity index is 2.17. The number of rotatable bonds is 5. The number of aliphatic hydroxyl groups excluding tert-OH is 1. The Hall–Kier alpha value is -1.81. The lowest BCUT2D eigenvalue weighted by molar-refractivity contribution is 0.189. The zero-order valence-corrected chi connectivity index (χ0v) is 11.6. The highest BCUT2D eigenvalue weighted by molar-refractivity contribution is 5.38. The predicted molar refractivity (Wildman–Crippen MR) is 74.0 cm³/mol. The monoisotopic (exact) mass is 260 g/mol. The number of ether oxygens (including phenoxy) is 1. The molecule has 0 saturated heterocycles. The lowest BCUT2D eigenvalue weighted by Crippen LogP contribution is -2.06. The van der Waals surface area contributed by atoms with E-state index in [0.717, 1.165) is 29.1 Å². The van der Waals surface area contributed by atoms with Crippen LogP contribution in [0.1, 0.15) is 36.8 Å². The van der Waals surface area contributed by atoms with Crippen LogP contribution in [0.15, 0.2) is 30.7 Å². The number of aliphatic hydroxyl groups is 1. The van der Waals surface area contributed by atoms with Crippen LogP contribution in [0.4, 0.5) is 0 Å². The van der Waals surface area contributed by atoms with Gasteiger partial charge in [0.1, 0.15) is 12.4 Å². The molecule has 0 aliphatic heterocycles. The maximum Gasteiger partial charge on any atom is 0.130 e. The molecule has 1 atom stereocenters. The third-order valence-corrected chi connectivity index (χ3v) is 3.13. The number of aromatic nitrogens is 2. The van der Waals surface area contributed by atoms with E-state index in [1.54, 1.807) is 19.4 Å². The Morgan fingerprint density at radius 2 is 2.21 bits per heavy atom. The zero-order valence-electron chi connectivity index (χ0n) is 11.6. The van der Waals surface area contributed by atoms with Crippen LogP contribution < -0.4 is 4.74 Å². The maximum atomic E-state index is 9.76. The molecule has 1 aromatic carbocycles. The highest BCUT2D eigenvalue weighted by Gasteiger charge is 2.10. The number of imidazole rings is 1. The largest absolute Gasteiger partial charge is 0.487 e. The fourth-order valence-corrected chi connectivity index (χ4v) is 2.02. The van der Waals surface area contributed by atoms with Crippen LogP contribution in [-0.2, 0) is 13.2 Å². The van der Waals surface area contributed by atoms with Crippen molar-refractivity contribution in [2.24, 2.45) is 0 Å². The van der Waals surface area contributed by atoms with Crippen molar-refractivity contribution in [2.45, 2.75) is 40.0 Å². The summed E-state index contributed by atoms with van der Waals surface area (Å²) in [4.78, 5) is 4.11. The van der Waals surface area contributed by atoms with Crippen molar-refractivity contribution in [3.8, 4) is 5.75 Å². The molecule has 2 rings (SSSR count). The standard InChI is InChI=1S/C15H20N2O2/c1-4-17-10-16-8-13(17)9-19-15-7-11(2)5-6-14(15)12(3)18/h5-8,10,12,18H,4,9H2,1-3H3/t12-/m1/s1. The predicted octanol–water partition coefficient (Wildman–Crippen LogP) is 2.84. The minimum absolute atomic E-state index is 0.455. The van der Waals surface area contributed by atoms with E-state index in [9.17, 15) is 5.11 Å². The summed E-state index contributed by atoms with van der Waals surface area (Å²) in [5.41, 5.74) is 2.96. The van der Waals surface area contributed by atoms with Gasteiger partial charge in [0.2, 0.25) is 0 Å². The molecule has 102 valence electrons. The fraction of sp³-hybridized carbons (Fsp3) is 0.400. The smallest absolute Gasteiger partial charge is 0.130 e. The summed E-state index contributed by atoms with van der Waals surface area (Å²) in [5, 5.41) is 9.76. The molecule has 0 aliphatic carbocycles. The normalized spacial score (nSPS) is 12.4. The summed E-state index contributed by atoms with van der Waals surface area (Å²) in [5.74, 6) is 0.735. The lowest BCUT2D eigenvalue weighted by atomic mass is 10.1. The molecule has 0 saturated carbocycles. The zero-order chi connectivity index (χ0) is 13.8. The van der Waals surface area contributed by atoms with Crippen LogP contribution in [0, 0.1) is 6.92 Å². The second kappa shape index (κ2) is 5.89. The van der Waals surface area contributed by atoms with E-state index in [2.05, 4.69) is 11.9 Å². The van der Waals surface area contributed by atoms with Crippen molar-refractivity contribution in [3.63, 3.8) is 0 Å². The molecule has 0 spiro atoms. The Morgan fingerprint density at radius 1 is 1.42 bits per heavy atom. The number of benzene rings is 1. The molecule has 0 aliphatic rings. The van der Waals surface area contributed by atoms with Gasteiger partial charge in [0.05, 0.1) is 24.3 Å². The van der Waals surface area contributed by atoms with Gasteiger partial charge in [-0.05, 0) is 32.4 Å². The van der Waals surface area contributed by atoms with Gasteiger partial charge in [0, 0.05) is 12.1 Å². The van der Waals surface area contributed by atoms with Gasteiger partial charge in [0.15, 0.2) is 0 Å². The molecular formula is C15H20N2O2. The van der Waals surface area contributed by atoms with Gasteiger partial charge >= 0.3 is 0 Å². The van der Waals surface area contributed by atoms with Gasteiger partial charge < -0.3 is 14.4 Å². The van der Waals surface area contributed by atoms with E-state index < -0.39 is 6.10 Å². The highest BCUT2D eigenvalue weighted by Crippen LogP contribution is 2.27. The Morgan fingerprint density at radius 3 is 2.89 bits per heavy atom. The molecule has 0 radical (unpaired) electrons.